The van der Waals surface area contributed by atoms with Crippen LogP contribution in [0.4, 0.5) is 0 Å². The number of aromatic nitrogens is 2. The lowest BCUT2D eigenvalue weighted by Crippen LogP contribution is -2.50. The number of thiophene rings is 2. The van der Waals surface area contributed by atoms with Crippen molar-refractivity contribution in [2.45, 2.75) is 59.9 Å². The zero-order valence-corrected chi connectivity index (χ0v) is 29.6. The first-order valence-electron chi connectivity index (χ1n) is 16.5. The average molecular weight is 673 g/mol. The van der Waals surface area contributed by atoms with Gasteiger partial charge in [-0.25, -0.2) is 9.97 Å². The Morgan fingerprint density at radius 1 is 0.729 bits per heavy atom. The summed E-state index contributed by atoms with van der Waals surface area (Å²) in [5.74, 6) is -0.190. The molecule has 8 heteroatoms. The predicted octanol–water partition coefficient (Wildman–Crippen LogP) is 9.60. The van der Waals surface area contributed by atoms with Gasteiger partial charge in [-0.05, 0) is 92.5 Å². The molecule has 0 saturated heterocycles. The van der Waals surface area contributed by atoms with Gasteiger partial charge in [0.05, 0.1) is 43.3 Å². The highest BCUT2D eigenvalue weighted by Gasteiger charge is 2.42. The van der Waals surface area contributed by atoms with Gasteiger partial charge in [-0.3, -0.25) is 9.59 Å². The normalized spacial score (nSPS) is 19.0. The molecule has 2 atom stereocenters. The molecule has 4 heterocycles. The molecular formula is C40H40N4O2S2. The molecule has 2 amide bonds. The fourth-order valence-electron chi connectivity index (χ4n) is 7.65. The number of fused-ring (bicyclic) bond motifs is 2. The third kappa shape index (κ3) is 6.64. The number of para-hydroxylation sites is 2. The van der Waals surface area contributed by atoms with E-state index in [0.29, 0.717) is 17.7 Å². The van der Waals surface area contributed by atoms with Gasteiger partial charge < -0.3 is 10.6 Å². The Bertz CT molecular complexity index is 2180. The highest BCUT2D eigenvalue weighted by atomic mass is 32.1. The standard InChI is InChI=1S/C40H40N4O2S2/c1-24-14-16-35(47-24)33-18-29(27-10-6-8-12-31(27)43-33)37(45)41-23-40(5)21-26(20-39(3,4)22-40)42-38(46)30-19-34(36-17-15-25(2)48-36)44-32-13-9-7-11-28(30)32/h6-19,26H,20-23H2,1-5H3,(H,41,45)(H,42,46). The van der Waals surface area contributed by atoms with Gasteiger partial charge >= 0.3 is 0 Å². The average Bonchev–Trinajstić information content (AvgIpc) is 3.69. The van der Waals surface area contributed by atoms with Gasteiger partial charge in [0.25, 0.3) is 11.8 Å². The van der Waals surface area contributed by atoms with E-state index in [1.807, 2.05) is 60.7 Å². The number of nitrogens with zero attached hydrogens (tertiary/aromatic N) is 2. The summed E-state index contributed by atoms with van der Waals surface area (Å²) >= 11 is 3.36. The zero-order valence-electron chi connectivity index (χ0n) is 28.0. The molecule has 2 N–H and O–H groups in total. The van der Waals surface area contributed by atoms with Gasteiger partial charge in [-0.15, -0.1) is 22.7 Å². The SMILES string of the molecule is Cc1ccc(-c2cc(C(=O)NCC3(C)CC(NC(=O)c4cc(-c5ccc(C)s5)nc5ccccc45)CC(C)(C)C3)c3ccccc3n2)s1. The minimum Gasteiger partial charge on any atom is -0.351 e. The number of hydrogen-bond acceptors (Lipinski definition) is 6. The Labute approximate surface area is 289 Å². The molecule has 1 aliphatic rings. The van der Waals surface area contributed by atoms with Crippen LogP contribution in [0.25, 0.3) is 42.9 Å². The molecule has 1 fully saturated rings. The maximum Gasteiger partial charge on any atom is 0.252 e. The van der Waals surface area contributed by atoms with Crippen LogP contribution in [-0.4, -0.2) is 34.4 Å². The second-order valence-electron chi connectivity index (χ2n) is 14.4. The van der Waals surface area contributed by atoms with Crippen molar-refractivity contribution in [1.29, 1.82) is 0 Å². The number of benzene rings is 2. The minimum atomic E-state index is -0.216. The first-order chi connectivity index (χ1) is 23.0. The quantitative estimate of drug-likeness (QED) is 0.177. The van der Waals surface area contributed by atoms with E-state index in [2.05, 4.69) is 69.5 Å². The summed E-state index contributed by atoms with van der Waals surface area (Å²) in [5.41, 5.74) is 4.27. The smallest absolute Gasteiger partial charge is 0.252 e. The van der Waals surface area contributed by atoms with Crippen molar-refractivity contribution in [2.75, 3.05) is 6.54 Å². The molecule has 1 aliphatic carbocycles. The van der Waals surface area contributed by atoms with Crippen molar-refractivity contribution in [3.05, 3.63) is 106 Å². The molecule has 6 aromatic rings. The summed E-state index contributed by atoms with van der Waals surface area (Å²) < 4.78 is 0. The summed E-state index contributed by atoms with van der Waals surface area (Å²) in [7, 11) is 0. The maximum absolute atomic E-state index is 14.1. The Morgan fingerprint density at radius 2 is 1.25 bits per heavy atom. The molecule has 4 aromatic heterocycles. The summed E-state index contributed by atoms with van der Waals surface area (Å²) in [4.78, 5) is 42.2. The third-order valence-electron chi connectivity index (χ3n) is 9.36. The van der Waals surface area contributed by atoms with Crippen LogP contribution in [0.2, 0.25) is 0 Å². The van der Waals surface area contributed by atoms with E-state index in [4.69, 9.17) is 9.97 Å². The first kappa shape index (κ1) is 32.2. The highest BCUT2D eigenvalue weighted by molar-refractivity contribution is 7.15. The van der Waals surface area contributed by atoms with Crippen LogP contribution in [0, 0.1) is 24.7 Å². The molecule has 0 radical (unpaired) electrons. The number of aryl methyl sites for hydroxylation is 2. The topological polar surface area (TPSA) is 84.0 Å². The molecule has 0 spiro atoms. The Balaban J connectivity index is 1.12. The number of carbonyl (C=O) groups excluding carboxylic acids is 2. The van der Waals surface area contributed by atoms with Crippen LogP contribution < -0.4 is 10.6 Å². The van der Waals surface area contributed by atoms with Crippen LogP contribution >= 0.6 is 22.7 Å². The molecule has 2 aromatic carbocycles. The number of carbonyl (C=O) groups is 2. The fraction of sp³-hybridized carbons (Fsp3) is 0.300. The van der Waals surface area contributed by atoms with E-state index in [1.54, 1.807) is 22.7 Å². The predicted molar refractivity (Wildman–Crippen MR) is 199 cm³/mol. The molecule has 244 valence electrons. The number of pyridine rings is 2. The Hall–Kier alpha value is -4.40. The summed E-state index contributed by atoms with van der Waals surface area (Å²) in [6.07, 6.45) is 2.56. The van der Waals surface area contributed by atoms with Crippen LogP contribution in [0.3, 0.4) is 0 Å². The lowest BCUT2D eigenvalue weighted by molar-refractivity contribution is 0.0593. The number of rotatable bonds is 7. The number of hydrogen-bond donors (Lipinski definition) is 2. The molecule has 1 saturated carbocycles. The van der Waals surface area contributed by atoms with Gasteiger partial charge in [0, 0.05) is 33.1 Å². The van der Waals surface area contributed by atoms with Crippen LogP contribution in [0.1, 0.15) is 70.5 Å². The summed E-state index contributed by atoms with van der Waals surface area (Å²) in [6, 6.07) is 27.8. The molecule has 48 heavy (non-hydrogen) atoms. The molecule has 6 nitrogen and oxygen atoms in total. The zero-order chi connectivity index (χ0) is 33.6. The molecule has 7 rings (SSSR count). The van der Waals surface area contributed by atoms with E-state index < -0.39 is 0 Å². The van der Waals surface area contributed by atoms with Gasteiger partial charge in [0.1, 0.15) is 0 Å². The monoisotopic (exact) mass is 672 g/mol. The molecular weight excluding hydrogens is 633 g/mol. The van der Waals surface area contributed by atoms with E-state index in [-0.39, 0.29) is 28.7 Å². The van der Waals surface area contributed by atoms with E-state index in [1.165, 1.54) is 9.75 Å². The minimum absolute atomic E-state index is 0.0246. The largest absolute Gasteiger partial charge is 0.351 e. The van der Waals surface area contributed by atoms with Crippen LogP contribution in [-0.2, 0) is 0 Å². The first-order valence-corrected chi connectivity index (χ1v) is 18.1. The lowest BCUT2D eigenvalue weighted by atomic mass is 9.62. The van der Waals surface area contributed by atoms with E-state index in [0.717, 1.165) is 62.2 Å². The highest BCUT2D eigenvalue weighted by Crippen LogP contribution is 2.46. The third-order valence-corrected chi connectivity index (χ3v) is 11.4. The molecule has 2 unspecified atom stereocenters. The van der Waals surface area contributed by atoms with Crippen molar-refractivity contribution in [3.8, 4) is 21.1 Å². The van der Waals surface area contributed by atoms with Gasteiger partial charge in [-0.1, -0.05) is 57.2 Å². The lowest BCUT2D eigenvalue weighted by Gasteiger charge is -2.47. The fourth-order valence-corrected chi connectivity index (χ4v) is 9.30. The molecule has 0 aliphatic heterocycles. The van der Waals surface area contributed by atoms with Crippen molar-refractivity contribution < 1.29 is 9.59 Å². The van der Waals surface area contributed by atoms with E-state index >= 15 is 0 Å². The van der Waals surface area contributed by atoms with Crippen LogP contribution in [0.5, 0.6) is 0 Å². The van der Waals surface area contributed by atoms with Crippen molar-refractivity contribution in [1.82, 2.24) is 20.6 Å². The Morgan fingerprint density at radius 3 is 1.77 bits per heavy atom. The van der Waals surface area contributed by atoms with Crippen molar-refractivity contribution in [2.24, 2.45) is 10.8 Å². The summed E-state index contributed by atoms with van der Waals surface area (Å²) in [6.45, 7) is 11.4. The number of nitrogens with one attached hydrogen (secondary N) is 2. The number of amides is 2. The Kier molecular flexibility index (Phi) is 8.42. The second kappa shape index (κ2) is 12.6. The summed E-state index contributed by atoms with van der Waals surface area (Å²) in [5, 5.41) is 8.39. The second-order valence-corrected chi connectivity index (χ2v) is 17.0. The van der Waals surface area contributed by atoms with Gasteiger partial charge in [0.15, 0.2) is 0 Å². The van der Waals surface area contributed by atoms with Gasteiger partial charge in [0.2, 0.25) is 0 Å². The van der Waals surface area contributed by atoms with Crippen molar-refractivity contribution in [3.63, 3.8) is 0 Å². The van der Waals surface area contributed by atoms with E-state index in [9.17, 15) is 9.59 Å². The van der Waals surface area contributed by atoms with Gasteiger partial charge in [-0.2, -0.15) is 0 Å². The molecule has 0 bridgehead atoms. The maximum atomic E-state index is 14.1. The van der Waals surface area contributed by atoms with Crippen LogP contribution in [0.15, 0.2) is 84.9 Å². The van der Waals surface area contributed by atoms with Crippen molar-refractivity contribution >= 4 is 56.3 Å².